The van der Waals surface area contributed by atoms with Gasteiger partial charge in [-0.25, -0.2) is 0 Å². The van der Waals surface area contributed by atoms with Gasteiger partial charge in [0.05, 0.1) is 7.11 Å². The molecule has 0 radical (unpaired) electrons. The lowest BCUT2D eigenvalue weighted by molar-refractivity contribution is 0.414. The molecule has 3 heteroatoms. The van der Waals surface area contributed by atoms with Crippen LogP contribution in [0.1, 0.15) is 11.1 Å². The summed E-state index contributed by atoms with van der Waals surface area (Å²) in [7, 11) is 1.68. The van der Waals surface area contributed by atoms with E-state index in [0.717, 1.165) is 18.0 Å². The van der Waals surface area contributed by atoms with Crippen LogP contribution in [0.4, 0.5) is 5.69 Å². The van der Waals surface area contributed by atoms with E-state index in [-0.39, 0.29) is 12.4 Å². The van der Waals surface area contributed by atoms with Crippen molar-refractivity contribution in [1.29, 1.82) is 0 Å². The van der Waals surface area contributed by atoms with Gasteiger partial charge in [0, 0.05) is 12.2 Å². The second kappa shape index (κ2) is 6.92. The van der Waals surface area contributed by atoms with E-state index in [1.807, 2.05) is 12.1 Å². The van der Waals surface area contributed by atoms with Crippen LogP contribution in [0.3, 0.4) is 0 Å². The maximum Gasteiger partial charge on any atom is 0.118 e. The highest BCUT2D eigenvalue weighted by Crippen LogP contribution is 2.14. The van der Waals surface area contributed by atoms with Crippen LogP contribution in [0.2, 0.25) is 0 Å². The Hall–Kier alpha value is -1.67. The first-order valence-corrected chi connectivity index (χ1v) is 5.71. The maximum absolute atomic E-state index is 5.13. The van der Waals surface area contributed by atoms with E-state index < -0.39 is 0 Å². The fourth-order valence-corrected chi connectivity index (χ4v) is 1.70. The summed E-state index contributed by atoms with van der Waals surface area (Å²) in [4.78, 5) is 0. The number of benzene rings is 2. The third kappa shape index (κ3) is 3.97. The Labute approximate surface area is 114 Å². The second-order valence-electron chi connectivity index (χ2n) is 4.07. The predicted octanol–water partition coefficient (Wildman–Crippen LogP) is 4.04. The minimum atomic E-state index is 0. The zero-order chi connectivity index (χ0) is 12.1. The van der Waals surface area contributed by atoms with E-state index in [1.54, 1.807) is 7.11 Å². The summed E-state index contributed by atoms with van der Waals surface area (Å²) in [5, 5.41) is 3.40. The van der Waals surface area contributed by atoms with Gasteiger partial charge < -0.3 is 10.1 Å². The van der Waals surface area contributed by atoms with Crippen molar-refractivity contribution in [2.45, 2.75) is 13.5 Å². The van der Waals surface area contributed by atoms with Crippen molar-refractivity contribution in [2.24, 2.45) is 0 Å². The van der Waals surface area contributed by atoms with Crippen molar-refractivity contribution >= 4 is 18.1 Å². The van der Waals surface area contributed by atoms with Crippen molar-refractivity contribution in [1.82, 2.24) is 0 Å². The third-order valence-electron chi connectivity index (χ3n) is 2.67. The highest BCUT2D eigenvalue weighted by molar-refractivity contribution is 5.85. The molecule has 0 bridgehead atoms. The van der Waals surface area contributed by atoms with Gasteiger partial charge in [0.2, 0.25) is 0 Å². The van der Waals surface area contributed by atoms with Gasteiger partial charge in [-0.05, 0) is 42.3 Å². The van der Waals surface area contributed by atoms with E-state index in [0.29, 0.717) is 0 Å². The summed E-state index contributed by atoms with van der Waals surface area (Å²) in [6, 6.07) is 16.5. The Morgan fingerprint density at radius 1 is 1.06 bits per heavy atom. The molecule has 0 atom stereocenters. The second-order valence-corrected chi connectivity index (χ2v) is 4.07. The first kappa shape index (κ1) is 14.4. The number of rotatable bonds is 4. The molecule has 2 rings (SSSR count). The lowest BCUT2D eigenvalue weighted by atomic mass is 10.2. The minimum Gasteiger partial charge on any atom is -0.497 e. The average Bonchev–Trinajstić information content (AvgIpc) is 2.37. The Morgan fingerprint density at radius 3 is 2.39 bits per heavy atom. The predicted molar refractivity (Wildman–Crippen MR) is 78.7 cm³/mol. The molecule has 0 fully saturated rings. The van der Waals surface area contributed by atoms with Crippen molar-refractivity contribution < 1.29 is 4.74 Å². The van der Waals surface area contributed by atoms with Crippen LogP contribution in [0.5, 0.6) is 5.75 Å². The number of anilines is 1. The molecule has 1 N–H and O–H groups in total. The maximum atomic E-state index is 5.13. The van der Waals surface area contributed by atoms with E-state index in [1.165, 1.54) is 11.1 Å². The van der Waals surface area contributed by atoms with Crippen molar-refractivity contribution in [2.75, 3.05) is 12.4 Å². The number of hydrogen-bond acceptors (Lipinski definition) is 2. The highest BCUT2D eigenvalue weighted by atomic mass is 35.5. The first-order valence-electron chi connectivity index (χ1n) is 5.71. The number of halogens is 1. The van der Waals surface area contributed by atoms with Gasteiger partial charge in [-0.3, -0.25) is 0 Å². The summed E-state index contributed by atoms with van der Waals surface area (Å²) >= 11 is 0. The zero-order valence-corrected chi connectivity index (χ0v) is 11.5. The fraction of sp³-hybridized carbons (Fsp3) is 0.200. The molecule has 18 heavy (non-hydrogen) atoms. The van der Waals surface area contributed by atoms with Crippen LogP contribution < -0.4 is 10.1 Å². The summed E-state index contributed by atoms with van der Waals surface area (Å²) < 4.78 is 5.13. The number of methoxy groups -OCH3 is 1. The molecule has 96 valence electrons. The van der Waals surface area contributed by atoms with Gasteiger partial charge in [-0.1, -0.05) is 24.3 Å². The molecule has 0 saturated carbocycles. The van der Waals surface area contributed by atoms with Crippen molar-refractivity contribution in [3.05, 3.63) is 59.7 Å². The fourth-order valence-electron chi connectivity index (χ4n) is 1.70. The number of hydrogen-bond donors (Lipinski definition) is 1. The zero-order valence-electron chi connectivity index (χ0n) is 10.6. The van der Waals surface area contributed by atoms with Crippen LogP contribution in [-0.2, 0) is 6.54 Å². The smallest absolute Gasteiger partial charge is 0.118 e. The summed E-state index contributed by atoms with van der Waals surface area (Å²) in [6.07, 6.45) is 0. The SMILES string of the molecule is COc1ccc(CNc2cccc(C)c2)cc1.Cl. The van der Waals surface area contributed by atoms with E-state index in [4.69, 9.17) is 4.74 Å². The van der Waals surface area contributed by atoms with Crippen molar-refractivity contribution in [3.8, 4) is 5.75 Å². The largest absolute Gasteiger partial charge is 0.497 e. The van der Waals surface area contributed by atoms with Gasteiger partial charge in [-0.2, -0.15) is 0 Å². The molecule has 2 aromatic carbocycles. The molecule has 0 aliphatic heterocycles. The normalized spacial score (nSPS) is 9.44. The molecule has 0 aliphatic carbocycles. The van der Waals surface area contributed by atoms with Crippen LogP contribution in [0, 0.1) is 6.92 Å². The summed E-state index contributed by atoms with van der Waals surface area (Å²) in [5.41, 5.74) is 3.66. The van der Waals surface area contributed by atoms with Gasteiger partial charge in [0.25, 0.3) is 0 Å². The molecular formula is C15H18ClNO. The van der Waals surface area contributed by atoms with Gasteiger partial charge in [0.15, 0.2) is 0 Å². The van der Waals surface area contributed by atoms with E-state index in [9.17, 15) is 0 Å². The average molecular weight is 264 g/mol. The molecule has 0 unspecified atom stereocenters. The minimum absolute atomic E-state index is 0. The molecule has 0 aliphatic rings. The standard InChI is InChI=1S/C15H17NO.ClH/c1-12-4-3-5-14(10-12)16-11-13-6-8-15(17-2)9-7-13;/h3-10,16H,11H2,1-2H3;1H. The monoisotopic (exact) mass is 263 g/mol. The number of nitrogens with one attached hydrogen (secondary N) is 1. The Kier molecular flexibility index (Phi) is 5.53. The van der Waals surface area contributed by atoms with Crippen LogP contribution in [0.25, 0.3) is 0 Å². The van der Waals surface area contributed by atoms with Crippen LogP contribution in [0.15, 0.2) is 48.5 Å². The highest BCUT2D eigenvalue weighted by Gasteiger charge is 1.95. The molecule has 2 nitrogen and oxygen atoms in total. The van der Waals surface area contributed by atoms with Gasteiger partial charge >= 0.3 is 0 Å². The lowest BCUT2D eigenvalue weighted by Gasteiger charge is -2.08. The summed E-state index contributed by atoms with van der Waals surface area (Å²) in [5.74, 6) is 0.893. The molecule has 2 aromatic rings. The Morgan fingerprint density at radius 2 is 1.78 bits per heavy atom. The van der Waals surface area contributed by atoms with E-state index in [2.05, 4.69) is 48.6 Å². The van der Waals surface area contributed by atoms with Crippen molar-refractivity contribution in [3.63, 3.8) is 0 Å². The van der Waals surface area contributed by atoms with E-state index >= 15 is 0 Å². The number of ether oxygens (including phenoxy) is 1. The Balaban J connectivity index is 0.00000162. The summed E-state index contributed by atoms with van der Waals surface area (Å²) in [6.45, 7) is 2.92. The Bertz CT molecular complexity index is 482. The molecule has 0 amide bonds. The quantitative estimate of drug-likeness (QED) is 0.899. The van der Waals surface area contributed by atoms with Crippen LogP contribution >= 0.6 is 12.4 Å². The van der Waals surface area contributed by atoms with Crippen LogP contribution in [-0.4, -0.2) is 7.11 Å². The molecule has 0 saturated heterocycles. The first-order chi connectivity index (χ1) is 8.28. The third-order valence-corrected chi connectivity index (χ3v) is 2.67. The molecule has 0 heterocycles. The van der Waals surface area contributed by atoms with Gasteiger partial charge in [0.1, 0.15) is 5.75 Å². The molecule has 0 aromatic heterocycles. The molecule has 0 spiro atoms. The molecular weight excluding hydrogens is 246 g/mol. The lowest BCUT2D eigenvalue weighted by Crippen LogP contribution is -1.99. The number of aryl methyl sites for hydroxylation is 1. The van der Waals surface area contributed by atoms with Gasteiger partial charge in [-0.15, -0.1) is 12.4 Å². The topological polar surface area (TPSA) is 21.3 Å².